The van der Waals surface area contributed by atoms with Gasteiger partial charge in [0.25, 0.3) is 0 Å². The summed E-state index contributed by atoms with van der Waals surface area (Å²) in [5.74, 6) is 1.77. The number of urea groups is 1. The molecule has 0 aliphatic carbocycles. The van der Waals surface area contributed by atoms with Crippen molar-refractivity contribution < 1.29 is 9.53 Å². The number of amides is 2. The third-order valence-corrected chi connectivity index (χ3v) is 6.44. The third-order valence-electron chi connectivity index (χ3n) is 5.60. The number of hydrogen-bond acceptors (Lipinski definition) is 5. The lowest BCUT2D eigenvalue weighted by Gasteiger charge is -2.35. The Hall–Kier alpha value is -2.80. The van der Waals surface area contributed by atoms with E-state index in [1.54, 1.807) is 18.9 Å². The number of likely N-dealkylation sites (tertiary alicyclic amines) is 1. The number of carbonyl (C=O) groups is 1. The third kappa shape index (κ3) is 4.77. The number of aryl methyl sites for hydroxylation is 1. The van der Waals surface area contributed by atoms with E-state index in [0.717, 1.165) is 51.9 Å². The van der Waals surface area contributed by atoms with Crippen LogP contribution in [0.5, 0.6) is 5.75 Å². The number of hydrogen-bond donors (Lipinski definition) is 1. The highest BCUT2D eigenvalue weighted by Gasteiger charge is 2.40. The van der Waals surface area contributed by atoms with Crippen LogP contribution in [0.3, 0.4) is 0 Å². The van der Waals surface area contributed by atoms with E-state index in [4.69, 9.17) is 14.7 Å². The van der Waals surface area contributed by atoms with Gasteiger partial charge in [0.1, 0.15) is 10.8 Å². The highest BCUT2D eigenvalue weighted by molar-refractivity contribution is 8.15. The number of piperidine rings is 1. The summed E-state index contributed by atoms with van der Waals surface area (Å²) in [6, 6.07) is 15.8. The van der Waals surface area contributed by atoms with Crippen molar-refractivity contribution >= 4 is 34.2 Å². The van der Waals surface area contributed by atoms with Gasteiger partial charge in [0.05, 0.1) is 12.8 Å². The largest absolute Gasteiger partial charge is 0.497 e. The second-order valence-electron chi connectivity index (χ2n) is 7.81. The number of nitrogens with zero attached hydrogens (tertiary/aromatic N) is 3. The molecule has 1 spiro atoms. The zero-order valence-corrected chi connectivity index (χ0v) is 19.0. The summed E-state index contributed by atoms with van der Waals surface area (Å²) in [4.78, 5) is 24.7. The molecule has 2 aromatic rings. The van der Waals surface area contributed by atoms with Gasteiger partial charge < -0.3 is 15.0 Å². The van der Waals surface area contributed by atoms with E-state index in [1.807, 2.05) is 60.4 Å². The number of rotatable bonds is 4. The van der Waals surface area contributed by atoms with Gasteiger partial charge in [-0.25, -0.2) is 9.79 Å². The zero-order chi connectivity index (χ0) is 21.8. The van der Waals surface area contributed by atoms with Crippen molar-refractivity contribution in [1.29, 1.82) is 0 Å². The van der Waals surface area contributed by atoms with Gasteiger partial charge in [-0.1, -0.05) is 19.1 Å². The van der Waals surface area contributed by atoms with Crippen LogP contribution in [0, 0.1) is 6.92 Å². The molecule has 2 aliphatic heterocycles. The van der Waals surface area contributed by atoms with E-state index < -0.39 is 5.66 Å². The van der Waals surface area contributed by atoms with Crippen molar-refractivity contribution in [2.75, 3.05) is 31.3 Å². The molecule has 0 radical (unpaired) electrons. The summed E-state index contributed by atoms with van der Waals surface area (Å²) in [6.07, 6.45) is 1.45. The number of carbonyl (C=O) groups excluding carboxylic acids is 1. The van der Waals surface area contributed by atoms with Crippen molar-refractivity contribution in [3.05, 3.63) is 59.7 Å². The number of benzene rings is 2. The standard InChI is InChI=1S/C24H28N4O2S/c1-4-31-22-21(18-8-10-20(30-3)11-9-18)26-24(27-22)12-14-28(15-13-24)23(29)25-19-7-5-6-17(2)16-19/h5-11,16H,4,12-15H2,1-3H3,(H,25,29). The van der Waals surface area contributed by atoms with Crippen LogP contribution in [0.2, 0.25) is 0 Å². The molecule has 0 aromatic heterocycles. The van der Waals surface area contributed by atoms with E-state index in [0.29, 0.717) is 13.1 Å². The van der Waals surface area contributed by atoms with Gasteiger partial charge in [-0.2, -0.15) is 0 Å². The average Bonchev–Trinajstić information content (AvgIpc) is 3.12. The van der Waals surface area contributed by atoms with Crippen molar-refractivity contribution in [2.24, 2.45) is 9.98 Å². The van der Waals surface area contributed by atoms with Gasteiger partial charge in [0, 0.05) is 37.2 Å². The predicted octanol–water partition coefficient (Wildman–Crippen LogP) is 4.98. The minimum absolute atomic E-state index is 0.0649. The van der Waals surface area contributed by atoms with Crippen LogP contribution < -0.4 is 10.1 Å². The van der Waals surface area contributed by atoms with E-state index in [2.05, 4.69) is 12.2 Å². The van der Waals surface area contributed by atoms with E-state index in [9.17, 15) is 4.79 Å². The van der Waals surface area contributed by atoms with Crippen LogP contribution in [0.1, 0.15) is 30.9 Å². The second-order valence-corrected chi connectivity index (χ2v) is 9.06. The van der Waals surface area contributed by atoms with Crippen molar-refractivity contribution in [3.8, 4) is 5.75 Å². The van der Waals surface area contributed by atoms with Gasteiger partial charge >= 0.3 is 6.03 Å². The fourth-order valence-electron chi connectivity index (χ4n) is 3.91. The molecule has 0 atom stereocenters. The quantitative estimate of drug-likeness (QED) is 0.735. The van der Waals surface area contributed by atoms with Gasteiger partial charge in [-0.05, 0) is 54.6 Å². The summed E-state index contributed by atoms with van der Waals surface area (Å²) < 4.78 is 5.28. The molecular formula is C24H28N4O2S. The first-order chi connectivity index (χ1) is 15.0. The van der Waals surface area contributed by atoms with Crippen LogP contribution >= 0.6 is 11.8 Å². The monoisotopic (exact) mass is 436 g/mol. The molecule has 31 heavy (non-hydrogen) atoms. The molecule has 0 bridgehead atoms. The molecule has 0 saturated carbocycles. The minimum Gasteiger partial charge on any atom is -0.497 e. The topological polar surface area (TPSA) is 66.3 Å². The molecule has 162 valence electrons. The van der Waals surface area contributed by atoms with Crippen LogP contribution in [0.25, 0.3) is 0 Å². The van der Waals surface area contributed by atoms with Crippen LogP contribution in [-0.4, -0.2) is 53.3 Å². The number of thioether (sulfide) groups is 1. The van der Waals surface area contributed by atoms with Crippen molar-refractivity contribution in [3.63, 3.8) is 0 Å². The normalized spacial score (nSPS) is 17.3. The Balaban J connectivity index is 1.47. The number of ether oxygens (including phenoxy) is 1. The first-order valence-electron chi connectivity index (χ1n) is 10.6. The molecule has 1 N–H and O–H groups in total. The molecular weight excluding hydrogens is 408 g/mol. The van der Waals surface area contributed by atoms with E-state index >= 15 is 0 Å². The SMILES string of the molecule is CCSC1=NC2(CCN(C(=O)Nc3cccc(C)c3)CC2)N=C1c1ccc(OC)cc1. The Morgan fingerprint density at radius 1 is 1.16 bits per heavy atom. The maximum atomic E-state index is 12.7. The first-order valence-corrected chi connectivity index (χ1v) is 11.6. The summed E-state index contributed by atoms with van der Waals surface area (Å²) in [6.45, 7) is 5.40. The number of methoxy groups -OCH3 is 1. The highest BCUT2D eigenvalue weighted by Crippen LogP contribution is 2.36. The summed E-state index contributed by atoms with van der Waals surface area (Å²) in [7, 11) is 1.67. The van der Waals surface area contributed by atoms with E-state index in [-0.39, 0.29) is 6.03 Å². The Labute approximate surface area is 187 Å². The average molecular weight is 437 g/mol. The summed E-state index contributed by atoms with van der Waals surface area (Å²) >= 11 is 1.72. The lowest BCUT2D eigenvalue weighted by atomic mass is 9.98. The predicted molar refractivity (Wildman–Crippen MR) is 129 cm³/mol. The molecule has 1 saturated heterocycles. The molecule has 2 aromatic carbocycles. The molecule has 2 heterocycles. The van der Waals surface area contributed by atoms with Gasteiger partial charge in [-0.3, -0.25) is 4.99 Å². The molecule has 6 nitrogen and oxygen atoms in total. The zero-order valence-electron chi connectivity index (χ0n) is 18.2. The fourth-order valence-corrected chi connectivity index (χ4v) is 4.72. The van der Waals surface area contributed by atoms with E-state index in [1.165, 1.54) is 0 Å². The Morgan fingerprint density at radius 3 is 2.55 bits per heavy atom. The van der Waals surface area contributed by atoms with Crippen LogP contribution in [0.4, 0.5) is 10.5 Å². The maximum absolute atomic E-state index is 12.7. The molecule has 2 aliphatic rings. The Morgan fingerprint density at radius 2 is 1.90 bits per heavy atom. The van der Waals surface area contributed by atoms with Crippen LogP contribution in [0.15, 0.2) is 58.5 Å². The van der Waals surface area contributed by atoms with Gasteiger partial charge in [0.2, 0.25) is 0 Å². The number of nitrogens with one attached hydrogen (secondary N) is 1. The lowest BCUT2D eigenvalue weighted by molar-refractivity contribution is 0.175. The summed E-state index contributed by atoms with van der Waals surface area (Å²) in [5.41, 5.74) is 3.49. The highest BCUT2D eigenvalue weighted by atomic mass is 32.2. The number of aliphatic imine (C=N–C) groups is 2. The smallest absolute Gasteiger partial charge is 0.321 e. The molecule has 0 unspecified atom stereocenters. The molecule has 2 amide bonds. The lowest BCUT2D eigenvalue weighted by Crippen LogP contribution is -2.46. The van der Waals surface area contributed by atoms with Crippen molar-refractivity contribution in [1.82, 2.24) is 4.90 Å². The number of anilines is 1. The van der Waals surface area contributed by atoms with Gasteiger partial charge in [-0.15, -0.1) is 11.8 Å². The molecule has 4 rings (SSSR count). The molecule has 1 fully saturated rings. The fraction of sp³-hybridized carbons (Fsp3) is 0.375. The van der Waals surface area contributed by atoms with Gasteiger partial charge in [0.15, 0.2) is 5.66 Å². The van der Waals surface area contributed by atoms with Crippen LogP contribution in [-0.2, 0) is 0 Å². The summed E-state index contributed by atoms with van der Waals surface area (Å²) in [5, 5.41) is 4.00. The molecule has 7 heteroatoms. The Bertz CT molecular complexity index is 1010. The Kier molecular flexibility index (Phi) is 6.32. The van der Waals surface area contributed by atoms with Crippen molar-refractivity contribution in [2.45, 2.75) is 32.4 Å². The second kappa shape index (κ2) is 9.14. The minimum atomic E-state index is -0.465. The maximum Gasteiger partial charge on any atom is 0.321 e. The first kappa shape index (κ1) is 21.4.